The fraction of sp³-hybridized carbons (Fsp3) is 0.429. The Balaban J connectivity index is 1.73. The third-order valence-electron chi connectivity index (χ3n) is 4.63. The van der Waals surface area contributed by atoms with E-state index >= 15 is 0 Å². The van der Waals surface area contributed by atoms with Crippen LogP contribution in [-0.2, 0) is 4.79 Å². The van der Waals surface area contributed by atoms with E-state index in [1.165, 1.54) is 12.1 Å². The lowest BCUT2D eigenvalue weighted by molar-refractivity contribution is -0.130. The minimum atomic E-state index is -0.267. The van der Waals surface area contributed by atoms with Crippen molar-refractivity contribution in [3.63, 3.8) is 0 Å². The van der Waals surface area contributed by atoms with Crippen LogP contribution in [0.3, 0.4) is 0 Å². The van der Waals surface area contributed by atoms with Gasteiger partial charge in [-0.2, -0.15) is 0 Å². The Hall–Kier alpha value is -2.43. The highest BCUT2D eigenvalue weighted by Gasteiger charge is 2.28. The van der Waals surface area contributed by atoms with E-state index in [0.29, 0.717) is 18.0 Å². The van der Waals surface area contributed by atoms with Crippen LogP contribution in [0.1, 0.15) is 44.0 Å². The predicted molar refractivity (Wildman–Crippen MR) is 102 cm³/mol. The zero-order valence-electron chi connectivity index (χ0n) is 15.6. The molecule has 0 saturated carbocycles. The van der Waals surface area contributed by atoms with Crippen LogP contribution >= 0.6 is 0 Å². The number of nitrogens with one attached hydrogen (secondary N) is 1. The maximum absolute atomic E-state index is 13.4. The fourth-order valence-electron chi connectivity index (χ4n) is 3.41. The first-order valence-electron chi connectivity index (χ1n) is 9.19. The normalized spacial score (nSPS) is 17.0. The van der Waals surface area contributed by atoms with Crippen LogP contribution in [0.2, 0.25) is 0 Å². The topological polar surface area (TPSA) is 45.2 Å². The van der Waals surface area contributed by atoms with Crippen LogP contribution in [0.25, 0.3) is 0 Å². The number of likely N-dealkylation sites (tertiary alicyclic amines) is 1. The molecule has 1 atom stereocenters. The van der Waals surface area contributed by atoms with Gasteiger partial charge < -0.3 is 10.2 Å². The summed E-state index contributed by atoms with van der Waals surface area (Å²) in [6, 6.07) is 10.4. The van der Waals surface area contributed by atoms with Gasteiger partial charge in [-0.3, -0.25) is 9.78 Å². The first-order chi connectivity index (χ1) is 12.4. The molecule has 138 valence electrons. The number of hydrogen-bond acceptors (Lipinski definition) is 3. The van der Waals surface area contributed by atoms with Gasteiger partial charge in [0.2, 0.25) is 5.91 Å². The van der Waals surface area contributed by atoms with Crippen LogP contribution in [0.15, 0.2) is 36.4 Å². The highest BCUT2D eigenvalue weighted by Crippen LogP contribution is 2.29. The van der Waals surface area contributed by atoms with Gasteiger partial charge in [0.15, 0.2) is 0 Å². The number of hydrogen-bond donors (Lipinski definition) is 1. The van der Waals surface area contributed by atoms with Crippen LogP contribution in [0.5, 0.6) is 0 Å². The second-order valence-corrected chi connectivity index (χ2v) is 7.48. The van der Waals surface area contributed by atoms with E-state index in [1.807, 2.05) is 30.0 Å². The van der Waals surface area contributed by atoms with Crippen molar-refractivity contribution in [2.75, 3.05) is 18.4 Å². The highest BCUT2D eigenvalue weighted by molar-refractivity contribution is 5.76. The molecular formula is C21H26FN3O. The quantitative estimate of drug-likeness (QED) is 0.850. The van der Waals surface area contributed by atoms with E-state index in [9.17, 15) is 9.18 Å². The molecule has 3 rings (SSSR count). The third-order valence-corrected chi connectivity index (χ3v) is 4.63. The Morgan fingerprint density at radius 3 is 2.85 bits per heavy atom. The number of pyridine rings is 1. The molecule has 0 radical (unpaired) electrons. The molecule has 1 saturated heterocycles. The van der Waals surface area contributed by atoms with E-state index in [-0.39, 0.29) is 17.6 Å². The van der Waals surface area contributed by atoms with Crippen molar-refractivity contribution in [1.29, 1.82) is 0 Å². The summed E-state index contributed by atoms with van der Waals surface area (Å²) >= 11 is 0. The van der Waals surface area contributed by atoms with Crippen LogP contribution < -0.4 is 5.32 Å². The molecule has 1 aromatic heterocycles. The molecule has 1 aromatic carbocycles. The summed E-state index contributed by atoms with van der Waals surface area (Å²) in [5, 5.41) is 3.25. The number of amides is 1. The molecule has 1 aliphatic rings. The molecule has 2 heterocycles. The number of carbonyl (C=O) groups is 1. The van der Waals surface area contributed by atoms with E-state index in [2.05, 4.69) is 24.1 Å². The Bertz CT molecular complexity index is 791. The SMILES string of the molecule is Cc1cc(Nc2cccc(F)c2)cc(C2CCN(C(=O)CC(C)C)C2)n1. The largest absolute Gasteiger partial charge is 0.355 e. The van der Waals surface area contributed by atoms with Gasteiger partial charge in [-0.05, 0) is 49.6 Å². The number of nitrogens with zero attached hydrogens (tertiary/aromatic N) is 2. The summed E-state index contributed by atoms with van der Waals surface area (Å²) in [4.78, 5) is 18.9. The third kappa shape index (κ3) is 4.59. The molecule has 1 aliphatic heterocycles. The lowest BCUT2D eigenvalue weighted by Gasteiger charge is -2.18. The predicted octanol–water partition coefficient (Wildman–Crippen LogP) is 4.63. The lowest BCUT2D eigenvalue weighted by atomic mass is 10.0. The van der Waals surface area contributed by atoms with Crippen LogP contribution in [0, 0.1) is 18.7 Å². The van der Waals surface area contributed by atoms with Crippen molar-refractivity contribution < 1.29 is 9.18 Å². The van der Waals surface area contributed by atoms with E-state index in [4.69, 9.17) is 0 Å². The van der Waals surface area contributed by atoms with Gasteiger partial charge in [0.25, 0.3) is 0 Å². The number of aryl methyl sites for hydroxylation is 1. The maximum atomic E-state index is 13.4. The fourth-order valence-corrected chi connectivity index (χ4v) is 3.41. The number of anilines is 2. The van der Waals surface area contributed by atoms with Crippen molar-refractivity contribution >= 4 is 17.3 Å². The Kier molecular flexibility index (Phi) is 5.55. The number of rotatable bonds is 5. The molecule has 4 nitrogen and oxygen atoms in total. The number of aromatic nitrogens is 1. The highest BCUT2D eigenvalue weighted by atomic mass is 19.1. The smallest absolute Gasteiger partial charge is 0.222 e. The molecule has 1 N–H and O–H groups in total. The van der Waals surface area contributed by atoms with Gasteiger partial charge in [-0.25, -0.2) is 4.39 Å². The summed E-state index contributed by atoms with van der Waals surface area (Å²) in [5.74, 6) is 0.587. The molecule has 1 amide bonds. The van der Waals surface area contributed by atoms with Crippen molar-refractivity contribution in [2.45, 2.75) is 39.5 Å². The number of carbonyl (C=O) groups excluding carboxylic acids is 1. The van der Waals surface area contributed by atoms with Gasteiger partial charge in [0.1, 0.15) is 5.82 Å². The summed E-state index contributed by atoms with van der Waals surface area (Å²) < 4.78 is 13.4. The number of benzene rings is 1. The first-order valence-corrected chi connectivity index (χ1v) is 9.19. The monoisotopic (exact) mass is 355 g/mol. The van der Waals surface area contributed by atoms with Crippen LogP contribution in [0.4, 0.5) is 15.8 Å². The summed E-state index contributed by atoms with van der Waals surface area (Å²) in [7, 11) is 0. The second-order valence-electron chi connectivity index (χ2n) is 7.48. The molecule has 26 heavy (non-hydrogen) atoms. The first kappa shape index (κ1) is 18.4. The minimum absolute atomic E-state index is 0.230. The van der Waals surface area contributed by atoms with Crippen molar-refractivity contribution in [2.24, 2.45) is 5.92 Å². The van der Waals surface area contributed by atoms with Gasteiger partial charge in [-0.1, -0.05) is 19.9 Å². The number of halogens is 1. The van der Waals surface area contributed by atoms with Crippen LogP contribution in [-0.4, -0.2) is 28.9 Å². The zero-order chi connectivity index (χ0) is 18.7. The average molecular weight is 355 g/mol. The second kappa shape index (κ2) is 7.85. The maximum Gasteiger partial charge on any atom is 0.222 e. The van der Waals surface area contributed by atoms with Crippen molar-refractivity contribution in [3.05, 3.63) is 53.6 Å². The molecule has 1 unspecified atom stereocenters. The lowest BCUT2D eigenvalue weighted by Crippen LogP contribution is -2.29. The van der Waals surface area contributed by atoms with Crippen molar-refractivity contribution in [1.82, 2.24) is 9.88 Å². The Morgan fingerprint density at radius 2 is 2.12 bits per heavy atom. The minimum Gasteiger partial charge on any atom is -0.355 e. The molecule has 0 aliphatic carbocycles. The van der Waals surface area contributed by atoms with Gasteiger partial charge >= 0.3 is 0 Å². The summed E-state index contributed by atoms with van der Waals surface area (Å²) in [6.07, 6.45) is 1.53. The van der Waals surface area contributed by atoms with E-state index in [0.717, 1.165) is 36.6 Å². The molecule has 1 fully saturated rings. The Labute approximate surface area is 154 Å². The van der Waals surface area contributed by atoms with E-state index < -0.39 is 0 Å². The van der Waals surface area contributed by atoms with E-state index in [1.54, 1.807) is 6.07 Å². The standard InChI is InChI=1S/C21H26FN3O/c1-14(2)9-21(26)25-8-7-16(13-25)20-12-19(10-15(3)23-20)24-18-6-4-5-17(22)11-18/h4-6,10-12,14,16H,7-9,13H2,1-3H3,(H,23,24). The zero-order valence-corrected chi connectivity index (χ0v) is 15.6. The van der Waals surface area contributed by atoms with Crippen molar-refractivity contribution in [3.8, 4) is 0 Å². The Morgan fingerprint density at radius 1 is 1.31 bits per heavy atom. The van der Waals surface area contributed by atoms with Gasteiger partial charge in [-0.15, -0.1) is 0 Å². The molecular weight excluding hydrogens is 329 g/mol. The van der Waals surface area contributed by atoms with Gasteiger partial charge in [0, 0.05) is 48.2 Å². The molecule has 0 spiro atoms. The van der Waals surface area contributed by atoms with Gasteiger partial charge in [0.05, 0.1) is 0 Å². The molecule has 2 aromatic rings. The summed E-state index contributed by atoms with van der Waals surface area (Å²) in [5.41, 5.74) is 3.50. The summed E-state index contributed by atoms with van der Waals surface area (Å²) in [6.45, 7) is 7.60. The average Bonchev–Trinajstić information content (AvgIpc) is 3.04. The molecule has 0 bridgehead atoms. The molecule has 5 heteroatoms.